The van der Waals surface area contributed by atoms with Gasteiger partial charge in [0.2, 0.25) is 0 Å². The Morgan fingerprint density at radius 3 is 2.80 bits per heavy atom. The van der Waals surface area contributed by atoms with E-state index in [4.69, 9.17) is 0 Å². The smallest absolute Gasteiger partial charge is 0.317 e. The van der Waals surface area contributed by atoms with Crippen LogP contribution in [0, 0.1) is 0 Å². The molecule has 134 valence electrons. The molecule has 2 heterocycles. The van der Waals surface area contributed by atoms with Crippen molar-refractivity contribution in [1.82, 2.24) is 20.1 Å². The maximum Gasteiger partial charge on any atom is 0.317 e. The van der Waals surface area contributed by atoms with Gasteiger partial charge in [-0.05, 0) is 31.9 Å². The highest BCUT2D eigenvalue weighted by Gasteiger charge is 2.22. The second-order valence-corrected chi connectivity index (χ2v) is 8.00. The zero-order valence-corrected chi connectivity index (χ0v) is 15.8. The summed E-state index contributed by atoms with van der Waals surface area (Å²) in [5.41, 5.74) is 2.19. The fourth-order valence-electron chi connectivity index (χ4n) is 3.16. The fraction of sp³-hybridized carbons (Fsp3) is 0.474. The second-order valence-electron chi connectivity index (χ2n) is 6.89. The molecule has 0 saturated carbocycles. The highest BCUT2D eigenvalue weighted by Crippen LogP contribution is 2.22. The molecule has 0 spiro atoms. The predicted octanol–water partition coefficient (Wildman–Crippen LogP) is 3.48. The molecule has 2 aromatic rings. The van der Waals surface area contributed by atoms with E-state index in [1.54, 1.807) is 16.2 Å². The van der Waals surface area contributed by atoms with E-state index in [-0.39, 0.29) is 12.1 Å². The van der Waals surface area contributed by atoms with Gasteiger partial charge in [-0.1, -0.05) is 24.3 Å². The fourth-order valence-corrected chi connectivity index (χ4v) is 4.19. The zero-order valence-electron chi connectivity index (χ0n) is 15.0. The highest BCUT2D eigenvalue weighted by molar-refractivity contribution is 7.18. The van der Waals surface area contributed by atoms with Crippen molar-refractivity contribution in [3.8, 4) is 0 Å². The van der Waals surface area contributed by atoms with Crippen LogP contribution in [0.3, 0.4) is 0 Å². The third-order valence-electron chi connectivity index (χ3n) is 4.47. The lowest BCUT2D eigenvalue weighted by molar-refractivity contribution is 0.182. The molecule has 0 aliphatic carbocycles. The van der Waals surface area contributed by atoms with Crippen LogP contribution in [0.25, 0.3) is 10.2 Å². The van der Waals surface area contributed by atoms with Crippen LogP contribution >= 0.6 is 11.3 Å². The lowest BCUT2D eigenvalue weighted by Crippen LogP contribution is -2.48. The molecule has 1 aromatic heterocycles. The van der Waals surface area contributed by atoms with Gasteiger partial charge in [0.05, 0.1) is 16.8 Å². The van der Waals surface area contributed by atoms with Crippen LogP contribution < -0.4 is 5.32 Å². The van der Waals surface area contributed by atoms with Crippen LogP contribution in [-0.4, -0.2) is 53.5 Å². The van der Waals surface area contributed by atoms with E-state index < -0.39 is 0 Å². The molecule has 6 heteroatoms. The molecule has 0 unspecified atom stereocenters. The van der Waals surface area contributed by atoms with Gasteiger partial charge < -0.3 is 10.2 Å². The van der Waals surface area contributed by atoms with Gasteiger partial charge >= 0.3 is 6.03 Å². The van der Waals surface area contributed by atoms with E-state index in [2.05, 4.69) is 34.8 Å². The molecule has 5 nitrogen and oxygen atoms in total. The summed E-state index contributed by atoms with van der Waals surface area (Å²) in [7, 11) is 1.83. The van der Waals surface area contributed by atoms with Crippen molar-refractivity contribution >= 4 is 27.6 Å². The molecule has 0 atom stereocenters. The molecule has 25 heavy (non-hydrogen) atoms. The van der Waals surface area contributed by atoms with Crippen molar-refractivity contribution < 1.29 is 4.79 Å². The number of likely N-dealkylation sites (tertiary alicyclic amines) is 1. The summed E-state index contributed by atoms with van der Waals surface area (Å²) in [6, 6.07) is 8.32. The SMILES string of the molecule is C=C(C)CN1CCC(NC(=O)N(C)Cc2nc3ccccc3s2)CC1. The van der Waals surface area contributed by atoms with Gasteiger partial charge in [-0.2, -0.15) is 0 Å². The average Bonchev–Trinajstić information content (AvgIpc) is 2.98. The third kappa shape index (κ3) is 4.80. The first-order valence-electron chi connectivity index (χ1n) is 8.74. The van der Waals surface area contributed by atoms with Gasteiger partial charge in [0, 0.05) is 32.7 Å². The van der Waals surface area contributed by atoms with Gasteiger partial charge in [-0.3, -0.25) is 4.90 Å². The van der Waals surface area contributed by atoms with Crippen LogP contribution in [0.2, 0.25) is 0 Å². The molecular weight excluding hydrogens is 332 g/mol. The molecular formula is C19H26N4OS. The maximum atomic E-state index is 12.5. The Bertz CT molecular complexity index is 716. The first kappa shape index (κ1) is 17.9. The minimum atomic E-state index is -0.0161. The van der Waals surface area contributed by atoms with Crippen LogP contribution in [0.15, 0.2) is 36.4 Å². The third-order valence-corrected chi connectivity index (χ3v) is 5.49. The van der Waals surface area contributed by atoms with E-state index in [1.165, 1.54) is 5.57 Å². The summed E-state index contributed by atoms with van der Waals surface area (Å²) >= 11 is 1.65. The van der Waals surface area contributed by atoms with Crippen molar-refractivity contribution in [3.05, 3.63) is 41.4 Å². The van der Waals surface area contributed by atoms with E-state index in [9.17, 15) is 4.79 Å². The number of hydrogen-bond acceptors (Lipinski definition) is 4. The topological polar surface area (TPSA) is 48.5 Å². The number of hydrogen-bond donors (Lipinski definition) is 1. The number of fused-ring (bicyclic) bond motifs is 1. The molecule has 0 radical (unpaired) electrons. The number of amides is 2. The van der Waals surface area contributed by atoms with Crippen LogP contribution in [0.1, 0.15) is 24.8 Å². The van der Waals surface area contributed by atoms with E-state index in [0.29, 0.717) is 6.54 Å². The quantitative estimate of drug-likeness (QED) is 0.833. The molecule has 3 rings (SSSR count). The number of rotatable bonds is 5. The lowest BCUT2D eigenvalue weighted by atomic mass is 10.0. The lowest BCUT2D eigenvalue weighted by Gasteiger charge is -2.33. The number of nitrogens with zero attached hydrogens (tertiary/aromatic N) is 3. The number of aromatic nitrogens is 1. The van der Waals surface area contributed by atoms with Crippen LogP contribution in [0.5, 0.6) is 0 Å². The number of benzene rings is 1. The van der Waals surface area contributed by atoms with Crippen molar-refractivity contribution in [2.24, 2.45) is 0 Å². The first-order chi connectivity index (χ1) is 12.0. The van der Waals surface area contributed by atoms with Gasteiger partial charge in [0.15, 0.2) is 0 Å². The molecule has 1 aliphatic rings. The highest BCUT2D eigenvalue weighted by atomic mass is 32.1. The van der Waals surface area contributed by atoms with Gasteiger partial charge in [0.1, 0.15) is 5.01 Å². The summed E-state index contributed by atoms with van der Waals surface area (Å²) in [6.07, 6.45) is 1.99. The first-order valence-corrected chi connectivity index (χ1v) is 9.55. The molecule has 1 aliphatic heterocycles. The molecule has 0 bridgehead atoms. The Labute approximate surface area is 153 Å². The summed E-state index contributed by atoms with van der Waals surface area (Å²) in [4.78, 5) is 21.2. The monoisotopic (exact) mass is 358 g/mol. The number of carbonyl (C=O) groups is 1. The van der Waals surface area contributed by atoms with Crippen molar-refractivity contribution in [1.29, 1.82) is 0 Å². The second kappa shape index (κ2) is 7.97. The largest absolute Gasteiger partial charge is 0.335 e. The number of urea groups is 1. The van der Waals surface area contributed by atoms with Crippen LogP contribution in [0.4, 0.5) is 4.79 Å². The van der Waals surface area contributed by atoms with Crippen molar-refractivity contribution in [2.75, 3.05) is 26.7 Å². The zero-order chi connectivity index (χ0) is 17.8. The van der Waals surface area contributed by atoms with Gasteiger partial charge in [0.25, 0.3) is 0 Å². The van der Waals surface area contributed by atoms with Gasteiger partial charge in [-0.25, -0.2) is 9.78 Å². The molecule has 1 saturated heterocycles. The Hall–Kier alpha value is -1.92. The summed E-state index contributed by atoms with van der Waals surface area (Å²) < 4.78 is 1.16. The molecule has 2 amide bonds. The number of thiazole rings is 1. The minimum absolute atomic E-state index is 0.0161. The van der Waals surface area contributed by atoms with E-state index in [1.807, 2.05) is 25.2 Å². The standard InChI is InChI=1S/C19H26N4OS/c1-14(2)12-23-10-8-15(9-11-23)20-19(24)22(3)13-18-21-16-6-4-5-7-17(16)25-18/h4-7,15H,1,8-13H2,2-3H3,(H,20,24). The average molecular weight is 359 g/mol. The normalized spacial score (nSPS) is 16.1. The number of para-hydroxylation sites is 1. The number of nitrogens with one attached hydrogen (secondary N) is 1. The minimum Gasteiger partial charge on any atom is -0.335 e. The van der Waals surface area contributed by atoms with E-state index >= 15 is 0 Å². The van der Waals surface area contributed by atoms with E-state index in [0.717, 1.165) is 47.7 Å². The summed E-state index contributed by atoms with van der Waals surface area (Å²) in [5.74, 6) is 0. The van der Waals surface area contributed by atoms with Gasteiger partial charge in [-0.15, -0.1) is 11.3 Å². The number of piperidine rings is 1. The summed E-state index contributed by atoms with van der Waals surface area (Å²) in [6.45, 7) is 9.56. The Morgan fingerprint density at radius 2 is 2.12 bits per heavy atom. The molecule has 1 N–H and O–H groups in total. The Balaban J connectivity index is 1.49. The predicted molar refractivity (Wildman–Crippen MR) is 104 cm³/mol. The maximum absolute atomic E-state index is 12.5. The molecule has 1 fully saturated rings. The Morgan fingerprint density at radius 1 is 1.40 bits per heavy atom. The number of carbonyl (C=O) groups excluding carboxylic acids is 1. The van der Waals surface area contributed by atoms with Crippen molar-refractivity contribution in [3.63, 3.8) is 0 Å². The Kier molecular flexibility index (Phi) is 5.71. The van der Waals surface area contributed by atoms with Crippen molar-refractivity contribution in [2.45, 2.75) is 32.4 Å². The van der Waals surface area contributed by atoms with Crippen LogP contribution in [-0.2, 0) is 6.54 Å². The molecule has 1 aromatic carbocycles. The summed E-state index contributed by atoms with van der Waals surface area (Å²) in [5, 5.41) is 4.13.